The molecule has 3 rings (SSSR count). The number of nitrogens with zero attached hydrogens (tertiary/aromatic N) is 2. The summed E-state index contributed by atoms with van der Waals surface area (Å²) in [7, 11) is 0. The summed E-state index contributed by atoms with van der Waals surface area (Å²) in [6.07, 6.45) is 2.85. The Kier molecular flexibility index (Phi) is 5.03. The number of carbonyl (C=O) groups is 1. The molecular formula is C13H19ClF2N4O2. The first-order valence-electron chi connectivity index (χ1n) is 6.99. The van der Waals surface area contributed by atoms with Gasteiger partial charge in [-0.3, -0.25) is 9.48 Å². The van der Waals surface area contributed by atoms with Crippen LogP contribution >= 0.6 is 12.4 Å². The predicted molar refractivity (Wildman–Crippen MR) is 77.2 cm³/mol. The van der Waals surface area contributed by atoms with Crippen LogP contribution in [0.3, 0.4) is 0 Å². The average Bonchev–Trinajstić information content (AvgIpc) is 3.06. The van der Waals surface area contributed by atoms with Crippen molar-refractivity contribution in [3.8, 4) is 0 Å². The number of rotatable bonds is 5. The maximum absolute atomic E-state index is 12.3. The summed E-state index contributed by atoms with van der Waals surface area (Å²) >= 11 is 0. The minimum Gasteiger partial charge on any atom is -0.344 e. The summed E-state index contributed by atoms with van der Waals surface area (Å²) in [4.78, 5) is 12.3. The number of amides is 1. The molecule has 2 heterocycles. The van der Waals surface area contributed by atoms with Crippen molar-refractivity contribution in [2.24, 2.45) is 0 Å². The van der Waals surface area contributed by atoms with Gasteiger partial charge in [0, 0.05) is 12.6 Å². The molecule has 9 heteroatoms. The zero-order valence-corrected chi connectivity index (χ0v) is 13.0. The van der Waals surface area contributed by atoms with E-state index >= 15 is 0 Å². The van der Waals surface area contributed by atoms with Gasteiger partial charge in [-0.2, -0.15) is 13.9 Å². The van der Waals surface area contributed by atoms with E-state index in [2.05, 4.69) is 20.5 Å². The molecule has 1 unspecified atom stereocenters. The highest BCUT2D eigenvalue weighted by molar-refractivity contribution is 5.95. The molecule has 0 bridgehead atoms. The Hall–Kier alpha value is -1.25. The topological polar surface area (TPSA) is 68.2 Å². The van der Waals surface area contributed by atoms with Crippen LogP contribution in [0.25, 0.3) is 0 Å². The molecule has 0 radical (unpaired) electrons. The van der Waals surface area contributed by atoms with Crippen LogP contribution in [-0.4, -0.2) is 40.5 Å². The van der Waals surface area contributed by atoms with Crippen LogP contribution < -0.4 is 10.6 Å². The van der Waals surface area contributed by atoms with E-state index in [0.29, 0.717) is 37.5 Å². The Morgan fingerprint density at radius 3 is 3.00 bits per heavy atom. The van der Waals surface area contributed by atoms with Crippen molar-refractivity contribution < 1.29 is 18.3 Å². The molecule has 0 spiro atoms. The van der Waals surface area contributed by atoms with E-state index in [9.17, 15) is 13.6 Å². The van der Waals surface area contributed by atoms with Gasteiger partial charge in [-0.05, 0) is 19.8 Å². The van der Waals surface area contributed by atoms with Crippen molar-refractivity contribution in [2.45, 2.75) is 51.0 Å². The fourth-order valence-electron chi connectivity index (χ4n) is 2.53. The zero-order valence-electron chi connectivity index (χ0n) is 12.1. The highest BCUT2D eigenvalue weighted by Crippen LogP contribution is 2.36. The first kappa shape index (κ1) is 17.1. The fraction of sp³-hybridized carbons (Fsp3) is 0.692. The molecule has 124 valence electrons. The molecule has 1 fully saturated rings. The van der Waals surface area contributed by atoms with Gasteiger partial charge in [0.25, 0.3) is 5.91 Å². The fourth-order valence-corrected chi connectivity index (χ4v) is 2.53. The lowest BCUT2D eigenvalue weighted by Crippen LogP contribution is -2.42. The van der Waals surface area contributed by atoms with Crippen LogP contribution in [0.2, 0.25) is 0 Å². The summed E-state index contributed by atoms with van der Waals surface area (Å²) in [6, 6.07) is 0.308. The summed E-state index contributed by atoms with van der Waals surface area (Å²) in [5, 5.41) is 10.3. The SMILES string of the molecule is CC1Cn2ncc(C(=O)NC3(COC(F)F)CC3)c2CN1.Cl. The lowest BCUT2D eigenvalue weighted by molar-refractivity contribution is -0.135. The van der Waals surface area contributed by atoms with Gasteiger partial charge in [-0.15, -0.1) is 12.4 Å². The number of fused-ring (bicyclic) bond motifs is 1. The quantitative estimate of drug-likeness (QED) is 0.850. The molecule has 6 nitrogen and oxygen atoms in total. The third-order valence-electron chi connectivity index (χ3n) is 3.98. The average molecular weight is 337 g/mol. The molecular weight excluding hydrogens is 318 g/mol. The third-order valence-corrected chi connectivity index (χ3v) is 3.98. The lowest BCUT2D eigenvalue weighted by Gasteiger charge is -2.23. The Morgan fingerprint density at radius 2 is 2.36 bits per heavy atom. The van der Waals surface area contributed by atoms with Crippen molar-refractivity contribution in [3.05, 3.63) is 17.5 Å². The van der Waals surface area contributed by atoms with E-state index in [0.717, 1.165) is 5.69 Å². The number of alkyl halides is 2. The summed E-state index contributed by atoms with van der Waals surface area (Å²) in [5.74, 6) is -0.275. The number of nitrogens with one attached hydrogen (secondary N) is 2. The van der Waals surface area contributed by atoms with Gasteiger partial charge < -0.3 is 15.4 Å². The van der Waals surface area contributed by atoms with E-state index in [1.807, 2.05) is 11.6 Å². The number of hydrogen-bond acceptors (Lipinski definition) is 4. The van der Waals surface area contributed by atoms with Crippen LogP contribution in [0.5, 0.6) is 0 Å². The van der Waals surface area contributed by atoms with Gasteiger partial charge in [0.15, 0.2) is 0 Å². The molecule has 1 aliphatic heterocycles. The summed E-state index contributed by atoms with van der Waals surface area (Å²) in [5.41, 5.74) is 0.687. The maximum atomic E-state index is 12.3. The minimum atomic E-state index is -2.81. The summed E-state index contributed by atoms with van der Waals surface area (Å²) < 4.78 is 30.4. The molecule has 22 heavy (non-hydrogen) atoms. The van der Waals surface area contributed by atoms with E-state index in [4.69, 9.17) is 0 Å². The van der Waals surface area contributed by atoms with Crippen LogP contribution in [0.4, 0.5) is 8.78 Å². The second kappa shape index (κ2) is 6.47. The predicted octanol–water partition coefficient (Wildman–Crippen LogP) is 1.30. The second-order valence-corrected chi connectivity index (χ2v) is 5.78. The highest BCUT2D eigenvalue weighted by Gasteiger charge is 2.45. The van der Waals surface area contributed by atoms with Crippen molar-refractivity contribution in [1.82, 2.24) is 20.4 Å². The van der Waals surface area contributed by atoms with Crippen LogP contribution in [0, 0.1) is 0 Å². The van der Waals surface area contributed by atoms with Gasteiger partial charge in [0.05, 0.1) is 36.1 Å². The summed E-state index contributed by atoms with van der Waals surface area (Å²) in [6.45, 7) is 0.363. The largest absolute Gasteiger partial charge is 0.345 e. The standard InChI is InChI=1S/C13H18F2N4O2.ClH/c1-8-6-19-10(5-16-8)9(4-17-19)11(20)18-13(2-3-13)7-21-12(14)15;/h4,8,12,16H,2-3,5-7H2,1H3,(H,18,20);1H. The maximum Gasteiger partial charge on any atom is 0.345 e. The van der Waals surface area contributed by atoms with Crippen molar-refractivity contribution >= 4 is 18.3 Å². The Balaban J connectivity index is 0.00000176. The lowest BCUT2D eigenvalue weighted by atomic mass is 10.1. The molecule has 1 aromatic heterocycles. The van der Waals surface area contributed by atoms with Gasteiger partial charge >= 0.3 is 6.61 Å². The van der Waals surface area contributed by atoms with Crippen molar-refractivity contribution in [3.63, 3.8) is 0 Å². The van der Waals surface area contributed by atoms with Gasteiger partial charge in [0.1, 0.15) is 0 Å². The van der Waals surface area contributed by atoms with Gasteiger partial charge in [-0.25, -0.2) is 0 Å². The van der Waals surface area contributed by atoms with E-state index in [-0.39, 0.29) is 24.9 Å². The number of ether oxygens (including phenoxy) is 1. The first-order valence-corrected chi connectivity index (χ1v) is 6.99. The van der Waals surface area contributed by atoms with Crippen LogP contribution in [-0.2, 0) is 17.8 Å². The van der Waals surface area contributed by atoms with Gasteiger partial charge in [0.2, 0.25) is 0 Å². The molecule has 0 aromatic carbocycles. The third kappa shape index (κ3) is 3.56. The minimum absolute atomic E-state index is 0. The number of aromatic nitrogens is 2. The molecule has 1 atom stereocenters. The van der Waals surface area contributed by atoms with E-state index in [1.54, 1.807) is 0 Å². The second-order valence-electron chi connectivity index (χ2n) is 5.78. The normalized spacial score (nSPS) is 21.9. The number of carbonyl (C=O) groups excluding carboxylic acids is 1. The zero-order chi connectivity index (χ0) is 15.0. The molecule has 1 aliphatic carbocycles. The van der Waals surface area contributed by atoms with Gasteiger partial charge in [-0.1, -0.05) is 0 Å². The Labute approximate surface area is 133 Å². The monoisotopic (exact) mass is 336 g/mol. The molecule has 2 aliphatic rings. The van der Waals surface area contributed by atoms with Crippen molar-refractivity contribution in [2.75, 3.05) is 6.61 Å². The molecule has 1 aromatic rings. The Bertz CT molecular complexity index is 548. The Morgan fingerprint density at radius 1 is 1.64 bits per heavy atom. The first-order chi connectivity index (χ1) is 9.99. The van der Waals surface area contributed by atoms with E-state index < -0.39 is 12.2 Å². The van der Waals surface area contributed by atoms with Crippen LogP contribution in [0.15, 0.2) is 6.20 Å². The molecule has 1 amide bonds. The molecule has 1 saturated carbocycles. The van der Waals surface area contributed by atoms with E-state index in [1.165, 1.54) is 6.20 Å². The smallest absolute Gasteiger partial charge is 0.344 e. The van der Waals surface area contributed by atoms with Crippen LogP contribution in [0.1, 0.15) is 35.8 Å². The molecule has 2 N–H and O–H groups in total. The van der Waals surface area contributed by atoms with Crippen molar-refractivity contribution in [1.29, 1.82) is 0 Å². The highest BCUT2D eigenvalue weighted by atomic mass is 35.5. The number of halogens is 3. The number of hydrogen-bond donors (Lipinski definition) is 2. The molecule has 0 saturated heterocycles.